The summed E-state index contributed by atoms with van der Waals surface area (Å²) >= 11 is 1.64. The van der Waals surface area contributed by atoms with Crippen LogP contribution in [0.5, 0.6) is 0 Å². The fourth-order valence-electron chi connectivity index (χ4n) is 4.93. The molecule has 0 unspecified atom stereocenters. The summed E-state index contributed by atoms with van der Waals surface area (Å²) in [6.45, 7) is 0.726. The van der Waals surface area contributed by atoms with E-state index in [9.17, 15) is 8.42 Å². The zero-order valence-electron chi connectivity index (χ0n) is 20.6. The quantitative estimate of drug-likeness (QED) is 0.250. The molecule has 0 saturated heterocycles. The van der Waals surface area contributed by atoms with Crippen LogP contribution in [0.3, 0.4) is 0 Å². The van der Waals surface area contributed by atoms with Crippen molar-refractivity contribution in [3.63, 3.8) is 0 Å². The van der Waals surface area contributed by atoms with Crippen molar-refractivity contribution in [2.24, 2.45) is 10.1 Å². The van der Waals surface area contributed by atoms with Crippen LogP contribution in [0, 0.1) is 0 Å². The molecule has 3 aromatic carbocycles. The summed E-state index contributed by atoms with van der Waals surface area (Å²) in [6, 6.07) is 25.9. The number of aryl methyl sites for hydroxylation is 1. The molecule has 0 atom stereocenters. The summed E-state index contributed by atoms with van der Waals surface area (Å²) < 4.78 is 25.5. The molecule has 4 aromatic rings. The monoisotopic (exact) mass is 597 g/mol. The second kappa shape index (κ2) is 12.3. The highest BCUT2D eigenvalue weighted by Crippen LogP contribution is 2.33. The molecule has 0 spiro atoms. The molecule has 2 N–H and O–H groups in total. The Morgan fingerprint density at radius 3 is 2.22 bits per heavy atom. The first-order chi connectivity index (χ1) is 17.5. The van der Waals surface area contributed by atoms with Gasteiger partial charge in [-0.2, -0.15) is 0 Å². The van der Waals surface area contributed by atoms with Crippen LogP contribution in [-0.2, 0) is 23.0 Å². The maximum Gasteiger partial charge on any atom is 0.238 e. The Hall–Kier alpha value is -2.52. The van der Waals surface area contributed by atoms with Crippen molar-refractivity contribution in [2.45, 2.75) is 55.9 Å². The van der Waals surface area contributed by atoms with Crippen molar-refractivity contribution in [1.29, 1.82) is 0 Å². The van der Waals surface area contributed by atoms with Gasteiger partial charge in [0.1, 0.15) is 0 Å². The van der Waals surface area contributed by atoms with Crippen molar-refractivity contribution < 1.29 is 8.42 Å². The molecule has 1 heterocycles. The summed E-state index contributed by atoms with van der Waals surface area (Å²) in [6.07, 6.45) is 7.36. The summed E-state index contributed by atoms with van der Waals surface area (Å²) in [7, 11) is -3.69. The van der Waals surface area contributed by atoms with Gasteiger partial charge >= 0.3 is 0 Å². The third-order valence-corrected chi connectivity index (χ3v) is 8.73. The van der Waals surface area contributed by atoms with Crippen LogP contribution in [-0.4, -0.2) is 13.0 Å². The van der Waals surface area contributed by atoms with E-state index in [-0.39, 0.29) is 21.9 Å². The lowest BCUT2D eigenvalue weighted by Gasteiger charge is -2.22. The van der Waals surface area contributed by atoms with Gasteiger partial charge in [0.2, 0.25) is 10.0 Å². The second-order valence-corrected chi connectivity index (χ2v) is 11.8. The van der Waals surface area contributed by atoms with E-state index >= 15 is 0 Å². The summed E-state index contributed by atoms with van der Waals surface area (Å²) in [4.78, 5) is 5.99. The number of halogens is 1. The number of hydrogen-bond acceptors (Lipinski definition) is 4. The minimum absolute atomic E-state index is 0. The maximum atomic E-state index is 11.6. The number of thiazole rings is 1. The van der Waals surface area contributed by atoms with E-state index in [1.165, 1.54) is 43.2 Å². The topological polar surface area (TPSA) is 77.5 Å². The van der Waals surface area contributed by atoms with Crippen molar-refractivity contribution >= 4 is 44.0 Å². The van der Waals surface area contributed by atoms with Crippen molar-refractivity contribution in [3.8, 4) is 11.3 Å². The smallest absolute Gasteiger partial charge is 0.238 e. The van der Waals surface area contributed by atoms with Crippen molar-refractivity contribution in [2.75, 3.05) is 0 Å². The Balaban J connectivity index is 0.00000320. The van der Waals surface area contributed by atoms with E-state index in [0.717, 1.165) is 34.7 Å². The minimum Gasteiger partial charge on any atom is -0.316 e. The van der Waals surface area contributed by atoms with Crippen LogP contribution in [0.4, 0.5) is 5.69 Å². The fraction of sp³-hybridized carbons (Fsp3) is 0.276. The normalized spacial score (nSPS) is 14.9. The first-order valence-electron chi connectivity index (χ1n) is 12.5. The number of hydrogen-bond donors (Lipinski definition) is 1. The number of primary sulfonamides is 1. The molecule has 1 fully saturated rings. The summed E-state index contributed by atoms with van der Waals surface area (Å²) in [5.74, 6) is 0.686. The third kappa shape index (κ3) is 6.87. The molecule has 8 heteroatoms. The molecule has 1 aliphatic rings. The molecule has 1 aromatic heterocycles. The Bertz CT molecular complexity index is 1470. The average molecular weight is 599 g/mol. The van der Waals surface area contributed by atoms with Crippen LogP contribution in [0.1, 0.15) is 49.1 Å². The van der Waals surface area contributed by atoms with Crippen LogP contribution in [0.2, 0.25) is 0 Å². The molecule has 0 amide bonds. The zero-order valence-corrected chi connectivity index (χ0v) is 24.0. The van der Waals surface area contributed by atoms with Gasteiger partial charge in [-0.05, 0) is 66.1 Å². The Morgan fingerprint density at radius 2 is 1.57 bits per heavy atom. The molecule has 194 valence electrons. The minimum atomic E-state index is -3.69. The molecule has 5 nitrogen and oxygen atoms in total. The fourth-order valence-corrected chi connectivity index (χ4v) is 6.40. The van der Waals surface area contributed by atoms with E-state index < -0.39 is 10.0 Å². The maximum absolute atomic E-state index is 11.6. The largest absolute Gasteiger partial charge is 0.316 e. The first-order valence-corrected chi connectivity index (χ1v) is 14.9. The van der Waals surface area contributed by atoms with Gasteiger partial charge in [-0.15, -0.1) is 28.3 Å². The number of para-hydroxylation sites is 1. The molecule has 1 saturated carbocycles. The van der Waals surface area contributed by atoms with E-state index in [4.69, 9.17) is 10.1 Å². The molecule has 1 aliphatic carbocycles. The number of nitrogens with two attached hydrogens (primary N) is 1. The van der Waals surface area contributed by atoms with Gasteiger partial charge in [-0.1, -0.05) is 73.9 Å². The van der Waals surface area contributed by atoms with Gasteiger partial charge in [0.05, 0.1) is 16.3 Å². The van der Waals surface area contributed by atoms with E-state index in [0.29, 0.717) is 5.92 Å². The summed E-state index contributed by atoms with van der Waals surface area (Å²) in [5.41, 5.74) is 5.75. The Kier molecular flexibility index (Phi) is 9.18. The molecule has 37 heavy (non-hydrogen) atoms. The Labute approximate surface area is 233 Å². The van der Waals surface area contributed by atoms with Crippen LogP contribution in [0.15, 0.2) is 94.1 Å². The zero-order chi connectivity index (χ0) is 25.0. The van der Waals surface area contributed by atoms with E-state index in [2.05, 4.69) is 34.2 Å². The SMILES string of the molecule is Br.NS(=O)(=O)c1ccc(CCn2c(-c3ccc(C4CCCCC4)cc3)csc2=Nc2ccccc2)cc1. The van der Waals surface area contributed by atoms with Gasteiger partial charge < -0.3 is 4.57 Å². The average Bonchev–Trinajstić information content (AvgIpc) is 3.30. The predicted octanol–water partition coefficient (Wildman–Crippen LogP) is 6.96. The van der Waals surface area contributed by atoms with Crippen molar-refractivity contribution in [3.05, 3.63) is 100 Å². The third-order valence-electron chi connectivity index (χ3n) is 6.94. The predicted molar refractivity (Wildman–Crippen MR) is 157 cm³/mol. The second-order valence-electron chi connectivity index (χ2n) is 9.40. The molecule has 0 bridgehead atoms. The molecular formula is C29H32BrN3O2S2. The van der Waals surface area contributed by atoms with E-state index in [1.54, 1.807) is 23.5 Å². The van der Waals surface area contributed by atoms with Gasteiger partial charge in [0, 0.05) is 11.9 Å². The molecular weight excluding hydrogens is 566 g/mol. The Morgan fingerprint density at radius 1 is 0.892 bits per heavy atom. The van der Waals surface area contributed by atoms with Gasteiger partial charge in [-0.25, -0.2) is 18.5 Å². The first kappa shape index (κ1) is 27.5. The van der Waals surface area contributed by atoms with Gasteiger partial charge in [0.15, 0.2) is 4.80 Å². The molecule has 5 rings (SSSR count). The summed E-state index contributed by atoms with van der Waals surface area (Å²) in [5, 5.41) is 7.43. The number of aromatic nitrogens is 1. The number of benzene rings is 3. The molecule has 0 radical (unpaired) electrons. The lowest BCUT2D eigenvalue weighted by atomic mass is 9.84. The van der Waals surface area contributed by atoms with Gasteiger partial charge in [-0.3, -0.25) is 0 Å². The van der Waals surface area contributed by atoms with Crippen molar-refractivity contribution in [1.82, 2.24) is 4.57 Å². The van der Waals surface area contributed by atoms with Crippen LogP contribution < -0.4 is 9.94 Å². The number of sulfonamides is 1. The lowest BCUT2D eigenvalue weighted by Crippen LogP contribution is -2.17. The highest BCUT2D eigenvalue weighted by molar-refractivity contribution is 8.93. The number of nitrogens with zero attached hydrogens (tertiary/aromatic N) is 2. The van der Waals surface area contributed by atoms with Crippen LogP contribution >= 0.6 is 28.3 Å². The van der Waals surface area contributed by atoms with E-state index in [1.807, 2.05) is 42.5 Å². The highest BCUT2D eigenvalue weighted by Gasteiger charge is 2.16. The van der Waals surface area contributed by atoms with Gasteiger partial charge in [0.25, 0.3) is 0 Å². The highest BCUT2D eigenvalue weighted by atomic mass is 79.9. The number of rotatable bonds is 7. The van der Waals surface area contributed by atoms with Crippen LogP contribution in [0.25, 0.3) is 11.3 Å². The standard InChI is InChI=1S/C29H31N3O2S2.BrH/c30-36(33,34)27-17-11-22(12-18-27)19-20-32-28(21-35-29(32)31-26-9-5-2-6-10-26)25-15-13-24(14-16-25)23-7-3-1-4-8-23;/h2,5-6,9-18,21,23H,1,3-4,7-8,19-20H2,(H2,30,33,34);1H. The molecule has 0 aliphatic heterocycles. The lowest BCUT2D eigenvalue weighted by molar-refractivity contribution is 0.443.